The Labute approximate surface area is 112 Å². The first-order valence-electron chi connectivity index (χ1n) is 6.25. The molecule has 0 unspecified atom stereocenters. The molecule has 0 atom stereocenters. The van der Waals surface area contributed by atoms with Crippen LogP contribution in [0.3, 0.4) is 0 Å². The van der Waals surface area contributed by atoms with Crippen molar-refractivity contribution in [2.75, 3.05) is 17.2 Å². The first kappa shape index (κ1) is 13.1. The first-order chi connectivity index (χ1) is 9.11. The molecule has 19 heavy (non-hydrogen) atoms. The molecule has 0 spiro atoms. The highest BCUT2D eigenvalue weighted by Gasteiger charge is 2.12. The SMILES string of the molecule is CCNc1cc(C)ccc1C(=O)Nc1ccnn1C. The summed E-state index contributed by atoms with van der Waals surface area (Å²) in [6.45, 7) is 4.78. The van der Waals surface area contributed by atoms with E-state index >= 15 is 0 Å². The van der Waals surface area contributed by atoms with Crippen molar-refractivity contribution in [3.8, 4) is 0 Å². The van der Waals surface area contributed by atoms with E-state index in [2.05, 4.69) is 15.7 Å². The van der Waals surface area contributed by atoms with Crippen molar-refractivity contribution in [2.45, 2.75) is 13.8 Å². The number of amides is 1. The predicted octanol–water partition coefficient (Wildman–Crippen LogP) is 2.41. The zero-order valence-corrected chi connectivity index (χ0v) is 11.4. The molecule has 0 aliphatic rings. The van der Waals surface area contributed by atoms with E-state index in [0.29, 0.717) is 11.4 Å². The molecule has 2 N–H and O–H groups in total. The van der Waals surface area contributed by atoms with E-state index in [9.17, 15) is 4.79 Å². The molecule has 0 aliphatic carbocycles. The van der Waals surface area contributed by atoms with Gasteiger partial charge in [0.05, 0.1) is 11.8 Å². The van der Waals surface area contributed by atoms with Crippen LogP contribution < -0.4 is 10.6 Å². The Morgan fingerprint density at radius 3 is 2.79 bits per heavy atom. The Bertz CT molecular complexity index is 589. The van der Waals surface area contributed by atoms with E-state index < -0.39 is 0 Å². The summed E-state index contributed by atoms with van der Waals surface area (Å²) in [5, 5.41) is 10.1. The number of hydrogen-bond donors (Lipinski definition) is 2. The average molecular weight is 258 g/mol. The maximum atomic E-state index is 12.3. The maximum absolute atomic E-state index is 12.3. The number of anilines is 2. The molecular formula is C14H18N4O. The fraction of sp³-hybridized carbons (Fsp3) is 0.286. The molecule has 0 saturated heterocycles. The standard InChI is InChI=1S/C14H18N4O/c1-4-15-12-9-10(2)5-6-11(12)14(19)17-13-7-8-16-18(13)3/h5-9,15H,4H2,1-3H3,(H,17,19). The minimum absolute atomic E-state index is 0.139. The van der Waals surface area contributed by atoms with E-state index in [1.807, 2.05) is 32.0 Å². The van der Waals surface area contributed by atoms with Crippen LogP contribution in [0.2, 0.25) is 0 Å². The molecule has 0 fully saturated rings. The van der Waals surface area contributed by atoms with Gasteiger partial charge < -0.3 is 10.6 Å². The molecule has 1 aromatic heterocycles. The van der Waals surface area contributed by atoms with E-state index in [1.165, 1.54) is 0 Å². The van der Waals surface area contributed by atoms with E-state index in [1.54, 1.807) is 24.0 Å². The van der Waals surface area contributed by atoms with E-state index in [-0.39, 0.29) is 5.91 Å². The van der Waals surface area contributed by atoms with Crippen molar-refractivity contribution in [1.29, 1.82) is 0 Å². The van der Waals surface area contributed by atoms with Gasteiger partial charge in [0.2, 0.25) is 0 Å². The first-order valence-corrected chi connectivity index (χ1v) is 6.25. The summed E-state index contributed by atoms with van der Waals surface area (Å²) in [5.74, 6) is 0.535. The van der Waals surface area contributed by atoms with Crippen molar-refractivity contribution < 1.29 is 4.79 Å². The average Bonchev–Trinajstić information content (AvgIpc) is 2.75. The quantitative estimate of drug-likeness (QED) is 0.885. The van der Waals surface area contributed by atoms with Crippen LogP contribution in [0, 0.1) is 6.92 Å². The van der Waals surface area contributed by atoms with E-state index in [0.717, 1.165) is 17.8 Å². The number of carbonyl (C=O) groups is 1. The smallest absolute Gasteiger partial charge is 0.258 e. The molecule has 1 heterocycles. The van der Waals surface area contributed by atoms with Crippen LogP contribution in [-0.2, 0) is 7.05 Å². The minimum atomic E-state index is -0.139. The summed E-state index contributed by atoms with van der Waals surface area (Å²) in [6.07, 6.45) is 1.65. The zero-order chi connectivity index (χ0) is 13.8. The molecule has 0 aliphatic heterocycles. The van der Waals surface area contributed by atoms with Gasteiger partial charge in [0, 0.05) is 25.3 Å². The third-order valence-corrected chi connectivity index (χ3v) is 2.85. The molecule has 0 saturated carbocycles. The summed E-state index contributed by atoms with van der Waals surface area (Å²) in [6, 6.07) is 7.50. The predicted molar refractivity (Wildman–Crippen MR) is 76.5 cm³/mol. The topological polar surface area (TPSA) is 59.0 Å². The van der Waals surface area contributed by atoms with Crippen LogP contribution in [0.15, 0.2) is 30.5 Å². The van der Waals surface area contributed by atoms with Gasteiger partial charge in [-0.2, -0.15) is 5.10 Å². The number of hydrogen-bond acceptors (Lipinski definition) is 3. The Balaban J connectivity index is 2.26. The van der Waals surface area contributed by atoms with Gasteiger partial charge >= 0.3 is 0 Å². The Hall–Kier alpha value is -2.30. The van der Waals surface area contributed by atoms with Crippen LogP contribution in [0.25, 0.3) is 0 Å². The van der Waals surface area contributed by atoms with Gasteiger partial charge in [-0.3, -0.25) is 9.48 Å². The Morgan fingerprint density at radius 2 is 2.16 bits per heavy atom. The van der Waals surface area contributed by atoms with Gasteiger partial charge in [0.25, 0.3) is 5.91 Å². The number of nitrogens with zero attached hydrogens (tertiary/aromatic N) is 2. The second-order valence-corrected chi connectivity index (χ2v) is 4.37. The molecule has 1 aromatic carbocycles. The molecule has 1 amide bonds. The van der Waals surface area contributed by atoms with Crippen molar-refractivity contribution >= 4 is 17.4 Å². The lowest BCUT2D eigenvalue weighted by Gasteiger charge is -2.12. The Morgan fingerprint density at radius 1 is 1.37 bits per heavy atom. The lowest BCUT2D eigenvalue weighted by atomic mass is 10.1. The Kier molecular flexibility index (Phi) is 3.85. The monoisotopic (exact) mass is 258 g/mol. The third-order valence-electron chi connectivity index (χ3n) is 2.85. The molecule has 5 nitrogen and oxygen atoms in total. The molecular weight excluding hydrogens is 240 g/mol. The van der Waals surface area contributed by atoms with Crippen molar-refractivity contribution in [2.24, 2.45) is 7.05 Å². The van der Waals surface area contributed by atoms with Crippen LogP contribution in [0.4, 0.5) is 11.5 Å². The molecule has 2 rings (SSSR count). The van der Waals surface area contributed by atoms with Gasteiger partial charge in [-0.15, -0.1) is 0 Å². The number of carbonyl (C=O) groups excluding carboxylic acids is 1. The number of nitrogens with one attached hydrogen (secondary N) is 2. The summed E-state index contributed by atoms with van der Waals surface area (Å²) in [7, 11) is 1.79. The lowest BCUT2D eigenvalue weighted by molar-refractivity contribution is 0.102. The molecule has 2 aromatic rings. The van der Waals surface area contributed by atoms with Gasteiger partial charge in [-0.1, -0.05) is 6.07 Å². The normalized spacial score (nSPS) is 10.3. The highest BCUT2D eigenvalue weighted by Crippen LogP contribution is 2.19. The minimum Gasteiger partial charge on any atom is -0.385 e. The summed E-state index contributed by atoms with van der Waals surface area (Å²) >= 11 is 0. The van der Waals surface area contributed by atoms with Crippen LogP contribution >= 0.6 is 0 Å². The maximum Gasteiger partial charge on any atom is 0.258 e. The molecule has 5 heteroatoms. The third kappa shape index (κ3) is 2.93. The summed E-state index contributed by atoms with van der Waals surface area (Å²) in [4.78, 5) is 12.3. The summed E-state index contributed by atoms with van der Waals surface area (Å²) < 4.78 is 1.62. The summed E-state index contributed by atoms with van der Waals surface area (Å²) in [5.41, 5.74) is 2.60. The van der Waals surface area contributed by atoms with Gasteiger partial charge in [-0.05, 0) is 31.5 Å². The fourth-order valence-corrected chi connectivity index (χ4v) is 1.87. The number of rotatable bonds is 4. The second-order valence-electron chi connectivity index (χ2n) is 4.37. The molecule has 0 bridgehead atoms. The highest BCUT2D eigenvalue weighted by atomic mass is 16.1. The van der Waals surface area contributed by atoms with Crippen LogP contribution in [0.1, 0.15) is 22.8 Å². The zero-order valence-electron chi connectivity index (χ0n) is 11.4. The van der Waals surface area contributed by atoms with Crippen molar-refractivity contribution in [3.63, 3.8) is 0 Å². The second kappa shape index (κ2) is 5.56. The van der Waals surface area contributed by atoms with Crippen LogP contribution in [-0.4, -0.2) is 22.2 Å². The van der Waals surface area contributed by atoms with Gasteiger partial charge in [-0.25, -0.2) is 0 Å². The molecule has 0 radical (unpaired) electrons. The number of aryl methyl sites for hydroxylation is 2. The highest BCUT2D eigenvalue weighted by molar-refractivity contribution is 6.07. The largest absolute Gasteiger partial charge is 0.385 e. The fourth-order valence-electron chi connectivity index (χ4n) is 1.87. The van der Waals surface area contributed by atoms with Gasteiger partial charge in [0.15, 0.2) is 0 Å². The van der Waals surface area contributed by atoms with E-state index in [4.69, 9.17) is 0 Å². The van der Waals surface area contributed by atoms with Gasteiger partial charge in [0.1, 0.15) is 5.82 Å². The van der Waals surface area contributed by atoms with Crippen molar-refractivity contribution in [1.82, 2.24) is 9.78 Å². The number of benzene rings is 1. The number of aromatic nitrogens is 2. The molecule has 100 valence electrons. The lowest BCUT2D eigenvalue weighted by Crippen LogP contribution is -2.16. The van der Waals surface area contributed by atoms with Crippen LogP contribution in [0.5, 0.6) is 0 Å². The van der Waals surface area contributed by atoms with Crippen molar-refractivity contribution in [3.05, 3.63) is 41.6 Å².